The normalized spacial score (nSPS) is 11.5. The standard InChI is InChI=1S/C23H15ClF3NO5/c24-17-7-12(1-4-18(17)26)5-13-6-16(20(29)9-21(30)23(32)33)22(31)28(10-13)11-14-2-3-15(25)8-19(14)27/h1-4,6-10,29H,5,11H2,(H,32,33)/b20-9-. The van der Waals surface area contributed by atoms with Crippen molar-refractivity contribution in [3.05, 3.63) is 110 Å². The third-order valence-electron chi connectivity index (χ3n) is 4.65. The minimum atomic E-state index is -1.84. The molecule has 0 unspecified atom stereocenters. The van der Waals surface area contributed by atoms with Crippen molar-refractivity contribution < 1.29 is 33.0 Å². The van der Waals surface area contributed by atoms with E-state index in [9.17, 15) is 32.7 Å². The first-order chi connectivity index (χ1) is 15.5. The van der Waals surface area contributed by atoms with Crippen molar-refractivity contribution in [2.75, 3.05) is 0 Å². The largest absolute Gasteiger partial charge is 0.507 e. The van der Waals surface area contributed by atoms with Gasteiger partial charge in [0.05, 0.1) is 17.1 Å². The Morgan fingerprint density at radius 2 is 1.70 bits per heavy atom. The molecule has 2 aromatic carbocycles. The number of rotatable bonds is 7. The Balaban J connectivity index is 2.11. The molecule has 0 fully saturated rings. The molecule has 3 aromatic rings. The highest BCUT2D eigenvalue weighted by Crippen LogP contribution is 2.20. The van der Waals surface area contributed by atoms with Gasteiger partial charge in [0.2, 0.25) is 0 Å². The summed E-state index contributed by atoms with van der Waals surface area (Å²) < 4.78 is 41.8. The second kappa shape index (κ2) is 9.74. The van der Waals surface area contributed by atoms with E-state index in [1.54, 1.807) is 0 Å². The number of aliphatic carboxylic acids is 1. The van der Waals surface area contributed by atoms with Gasteiger partial charge in [-0.05, 0) is 41.8 Å². The highest BCUT2D eigenvalue weighted by Gasteiger charge is 2.17. The molecule has 0 aliphatic carbocycles. The van der Waals surface area contributed by atoms with Gasteiger partial charge < -0.3 is 14.8 Å². The Kier molecular flexibility index (Phi) is 7.03. The molecule has 0 aliphatic heterocycles. The van der Waals surface area contributed by atoms with E-state index in [1.807, 2.05) is 0 Å². The molecule has 0 radical (unpaired) electrons. The van der Waals surface area contributed by atoms with Crippen molar-refractivity contribution in [1.29, 1.82) is 0 Å². The van der Waals surface area contributed by atoms with Crippen LogP contribution < -0.4 is 5.56 Å². The molecule has 0 saturated carbocycles. The topological polar surface area (TPSA) is 96.6 Å². The number of hydrogen-bond donors (Lipinski definition) is 2. The zero-order chi connectivity index (χ0) is 24.3. The average molecular weight is 478 g/mol. The summed E-state index contributed by atoms with van der Waals surface area (Å²) in [5.74, 6) is -6.55. The van der Waals surface area contributed by atoms with Gasteiger partial charge in [0, 0.05) is 23.9 Å². The fourth-order valence-electron chi connectivity index (χ4n) is 3.08. The maximum Gasteiger partial charge on any atom is 0.376 e. The van der Waals surface area contributed by atoms with E-state index in [-0.39, 0.29) is 23.6 Å². The molecule has 0 saturated heterocycles. The van der Waals surface area contributed by atoms with Crippen LogP contribution in [0, 0.1) is 17.5 Å². The van der Waals surface area contributed by atoms with E-state index in [1.165, 1.54) is 24.4 Å². The number of aromatic nitrogens is 1. The van der Waals surface area contributed by atoms with Crippen molar-refractivity contribution in [1.82, 2.24) is 4.57 Å². The lowest BCUT2D eigenvalue weighted by Crippen LogP contribution is -2.25. The summed E-state index contributed by atoms with van der Waals surface area (Å²) in [6.45, 7) is -0.351. The lowest BCUT2D eigenvalue weighted by atomic mass is 10.0. The Morgan fingerprint density at radius 1 is 0.970 bits per heavy atom. The van der Waals surface area contributed by atoms with E-state index in [4.69, 9.17) is 16.7 Å². The fraction of sp³-hybridized carbons (Fsp3) is 0.0870. The molecule has 10 heteroatoms. The van der Waals surface area contributed by atoms with Crippen LogP contribution in [0.15, 0.2) is 59.5 Å². The number of ketones is 1. The van der Waals surface area contributed by atoms with E-state index < -0.39 is 46.1 Å². The third-order valence-corrected chi connectivity index (χ3v) is 4.93. The van der Waals surface area contributed by atoms with E-state index in [2.05, 4.69) is 0 Å². The Labute approximate surface area is 189 Å². The van der Waals surface area contributed by atoms with Gasteiger partial charge in [-0.1, -0.05) is 23.7 Å². The summed E-state index contributed by atoms with van der Waals surface area (Å²) in [5.41, 5.74) is -0.394. The number of carboxylic acid groups (broad SMARTS) is 1. The van der Waals surface area contributed by atoms with E-state index in [0.29, 0.717) is 23.3 Å². The van der Waals surface area contributed by atoms with Crippen molar-refractivity contribution >= 4 is 29.1 Å². The van der Waals surface area contributed by atoms with Gasteiger partial charge in [-0.2, -0.15) is 0 Å². The van der Waals surface area contributed by atoms with Crippen LogP contribution in [-0.4, -0.2) is 26.5 Å². The zero-order valence-electron chi connectivity index (χ0n) is 16.7. The molecule has 0 atom stereocenters. The zero-order valence-corrected chi connectivity index (χ0v) is 17.4. The van der Waals surface area contributed by atoms with Crippen LogP contribution in [0.5, 0.6) is 0 Å². The molecule has 0 amide bonds. The minimum Gasteiger partial charge on any atom is -0.507 e. The molecule has 3 rings (SSSR count). The predicted octanol–water partition coefficient (Wildman–Crippen LogP) is 4.11. The Bertz CT molecular complexity index is 1350. The fourth-order valence-corrected chi connectivity index (χ4v) is 3.28. The summed E-state index contributed by atoms with van der Waals surface area (Å²) in [4.78, 5) is 35.1. The average Bonchev–Trinajstić information content (AvgIpc) is 2.74. The van der Waals surface area contributed by atoms with Crippen molar-refractivity contribution in [2.24, 2.45) is 0 Å². The number of carbonyl (C=O) groups excluding carboxylic acids is 1. The molecule has 0 aliphatic rings. The molecule has 1 aromatic heterocycles. The van der Waals surface area contributed by atoms with Crippen molar-refractivity contribution in [2.45, 2.75) is 13.0 Å². The lowest BCUT2D eigenvalue weighted by molar-refractivity contribution is -0.146. The smallest absolute Gasteiger partial charge is 0.376 e. The molecule has 2 N–H and O–H groups in total. The monoisotopic (exact) mass is 477 g/mol. The Hall–Kier alpha value is -3.85. The summed E-state index contributed by atoms with van der Waals surface area (Å²) in [5, 5.41) is 18.9. The first-order valence-electron chi connectivity index (χ1n) is 9.34. The molecule has 33 heavy (non-hydrogen) atoms. The van der Waals surface area contributed by atoms with Crippen LogP contribution >= 0.6 is 11.6 Å². The number of halogens is 4. The number of aliphatic hydroxyl groups is 1. The molecule has 1 heterocycles. The SMILES string of the molecule is O=C(O)C(=O)/C=C(\O)c1cc(Cc2ccc(F)c(Cl)c2)cn(Cc2ccc(F)cc2F)c1=O. The number of carbonyl (C=O) groups is 2. The predicted molar refractivity (Wildman–Crippen MR) is 114 cm³/mol. The second-order valence-corrected chi connectivity index (χ2v) is 7.46. The number of pyridine rings is 1. The Morgan fingerprint density at radius 3 is 2.33 bits per heavy atom. The van der Waals surface area contributed by atoms with Gasteiger partial charge in [-0.3, -0.25) is 9.59 Å². The van der Waals surface area contributed by atoms with Gasteiger partial charge in [0.1, 0.15) is 23.2 Å². The van der Waals surface area contributed by atoms with Gasteiger partial charge in [-0.15, -0.1) is 0 Å². The number of nitrogens with zero attached hydrogens (tertiary/aromatic N) is 1. The van der Waals surface area contributed by atoms with Crippen LogP contribution in [0.25, 0.3) is 5.76 Å². The van der Waals surface area contributed by atoms with Crippen LogP contribution in [0.2, 0.25) is 5.02 Å². The van der Waals surface area contributed by atoms with Crippen LogP contribution in [0.4, 0.5) is 13.2 Å². The summed E-state index contributed by atoms with van der Waals surface area (Å²) in [7, 11) is 0. The number of hydrogen-bond acceptors (Lipinski definition) is 4. The number of aliphatic hydroxyl groups excluding tert-OH is 1. The highest BCUT2D eigenvalue weighted by atomic mass is 35.5. The molecule has 170 valence electrons. The summed E-state index contributed by atoms with van der Waals surface area (Å²) in [6, 6.07) is 7.97. The van der Waals surface area contributed by atoms with E-state index >= 15 is 0 Å². The molecule has 0 spiro atoms. The molecular formula is C23H15ClF3NO5. The first-order valence-corrected chi connectivity index (χ1v) is 9.72. The maximum atomic E-state index is 14.1. The highest BCUT2D eigenvalue weighted by molar-refractivity contribution is 6.38. The number of benzene rings is 2. The van der Waals surface area contributed by atoms with E-state index in [0.717, 1.165) is 22.8 Å². The van der Waals surface area contributed by atoms with Crippen molar-refractivity contribution in [3.8, 4) is 0 Å². The first kappa shape index (κ1) is 23.8. The van der Waals surface area contributed by atoms with Gasteiger partial charge in [0.15, 0.2) is 0 Å². The van der Waals surface area contributed by atoms with Crippen LogP contribution in [0.3, 0.4) is 0 Å². The third kappa shape index (κ3) is 5.69. The quantitative estimate of drug-likeness (QED) is 0.303. The summed E-state index contributed by atoms with van der Waals surface area (Å²) >= 11 is 5.80. The van der Waals surface area contributed by atoms with Gasteiger partial charge in [-0.25, -0.2) is 18.0 Å². The second-order valence-electron chi connectivity index (χ2n) is 7.06. The minimum absolute atomic E-state index is 0.0310. The van der Waals surface area contributed by atoms with Crippen LogP contribution in [-0.2, 0) is 22.6 Å². The maximum absolute atomic E-state index is 14.1. The number of carboxylic acids is 1. The summed E-state index contributed by atoms with van der Waals surface area (Å²) in [6.07, 6.45) is 1.82. The lowest BCUT2D eigenvalue weighted by Gasteiger charge is -2.13. The van der Waals surface area contributed by atoms with Crippen LogP contribution in [0.1, 0.15) is 22.3 Å². The van der Waals surface area contributed by atoms with Crippen molar-refractivity contribution in [3.63, 3.8) is 0 Å². The van der Waals surface area contributed by atoms with Gasteiger partial charge in [0.25, 0.3) is 11.3 Å². The molecule has 0 bridgehead atoms. The van der Waals surface area contributed by atoms with Gasteiger partial charge >= 0.3 is 5.97 Å². The molecule has 6 nitrogen and oxygen atoms in total. The molecular weight excluding hydrogens is 463 g/mol.